The Labute approximate surface area is 216 Å². The van der Waals surface area contributed by atoms with Gasteiger partial charge in [-0.05, 0) is 53.8 Å². The van der Waals surface area contributed by atoms with Crippen LogP contribution in [0.2, 0.25) is 0 Å². The maximum absolute atomic E-state index is 13.6. The van der Waals surface area contributed by atoms with Crippen LogP contribution in [-0.4, -0.2) is 28.2 Å². The van der Waals surface area contributed by atoms with E-state index in [1.807, 2.05) is 79.0 Å². The number of thiophene rings is 1. The summed E-state index contributed by atoms with van der Waals surface area (Å²) in [5.41, 5.74) is 4.61. The molecule has 8 heteroatoms. The number of para-hydroxylation sites is 2. The first-order valence-electron chi connectivity index (χ1n) is 11.8. The molecule has 0 unspecified atom stereocenters. The number of hydrogen-bond donors (Lipinski definition) is 0. The second-order valence-corrected chi connectivity index (χ2v) is 9.78. The fourth-order valence-corrected chi connectivity index (χ4v) is 5.31. The quantitative estimate of drug-likeness (QED) is 0.227. The first-order valence-corrected chi connectivity index (χ1v) is 12.7. The molecule has 0 aliphatic carbocycles. The Balaban J connectivity index is 1.56. The van der Waals surface area contributed by atoms with Crippen LogP contribution in [0.25, 0.3) is 22.4 Å². The molecule has 3 aromatic carbocycles. The Morgan fingerprint density at radius 2 is 1.73 bits per heavy atom. The summed E-state index contributed by atoms with van der Waals surface area (Å²) >= 11 is 1.48. The lowest BCUT2D eigenvalue weighted by atomic mass is 10.1. The maximum Gasteiger partial charge on any atom is 0.471 e. The summed E-state index contributed by atoms with van der Waals surface area (Å²) in [6.07, 6.45) is -4.65. The third-order valence-electron chi connectivity index (χ3n) is 6.27. The van der Waals surface area contributed by atoms with Gasteiger partial charge in [0.25, 0.3) is 0 Å². The van der Waals surface area contributed by atoms with Crippen LogP contribution in [0.1, 0.15) is 16.0 Å². The van der Waals surface area contributed by atoms with E-state index in [0.717, 1.165) is 31.9 Å². The molecule has 188 valence electrons. The van der Waals surface area contributed by atoms with Gasteiger partial charge < -0.3 is 9.47 Å². The average molecular weight is 520 g/mol. The number of hydrogen-bond acceptors (Lipinski definition) is 3. The fourth-order valence-electron chi connectivity index (χ4n) is 4.41. The number of aromatic nitrogens is 2. The highest BCUT2D eigenvalue weighted by Gasteiger charge is 2.43. The minimum absolute atomic E-state index is 0.0798. The van der Waals surface area contributed by atoms with E-state index in [-0.39, 0.29) is 12.2 Å². The standard InChI is InChI=1S/C29H24F3N3OS/c1-20-15-17-37-26(20)14-16-34(28(36)29(30,31)32)23-11-7-10-22(18-23)27-33-24-12-5-6-13-25(24)35(27)19-21-8-3-2-4-9-21/h2-13,15,17-18H,14,16,19H2,1H3. The van der Waals surface area contributed by atoms with Gasteiger partial charge in [0.1, 0.15) is 5.82 Å². The molecule has 0 spiro atoms. The summed E-state index contributed by atoms with van der Waals surface area (Å²) in [6.45, 7) is 2.38. The topological polar surface area (TPSA) is 38.1 Å². The molecule has 5 aromatic rings. The van der Waals surface area contributed by atoms with E-state index in [9.17, 15) is 18.0 Å². The van der Waals surface area contributed by atoms with Crippen molar-refractivity contribution >= 4 is 34.0 Å². The number of amides is 1. The van der Waals surface area contributed by atoms with Crippen molar-refractivity contribution in [3.05, 3.63) is 106 Å². The average Bonchev–Trinajstić information content (AvgIpc) is 3.47. The Kier molecular flexibility index (Phi) is 6.84. The summed E-state index contributed by atoms with van der Waals surface area (Å²) in [5.74, 6) is -1.25. The molecule has 0 saturated heterocycles. The smallest absolute Gasteiger partial charge is 0.319 e. The largest absolute Gasteiger partial charge is 0.471 e. The lowest BCUT2D eigenvalue weighted by molar-refractivity contribution is -0.170. The summed E-state index contributed by atoms with van der Waals surface area (Å²) in [6, 6.07) is 26.2. The van der Waals surface area contributed by atoms with Gasteiger partial charge in [-0.15, -0.1) is 11.3 Å². The van der Waals surface area contributed by atoms with E-state index in [2.05, 4.69) is 4.57 Å². The molecule has 2 aromatic heterocycles. The number of carbonyl (C=O) groups excluding carboxylic acids is 1. The molecule has 0 aliphatic heterocycles. The van der Waals surface area contributed by atoms with Crippen molar-refractivity contribution in [3.63, 3.8) is 0 Å². The molecule has 0 fully saturated rings. The third kappa shape index (κ3) is 5.29. The van der Waals surface area contributed by atoms with Crippen molar-refractivity contribution in [2.24, 2.45) is 0 Å². The number of imidazole rings is 1. The lowest BCUT2D eigenvalue weighted by Gasteiger charge is -2.24. The van der Waals surface area contributed by atoms with E-state index in [4.69, 9.17) is 4.98 Å². The van der Waals surface area contributed by atoms with E-state index in [1.54, 1.807) is 18.2 Å². The Hall–Kier alpha value is -3.91. The maximum atomic E-state index is 13.6. The van der Waals surface area contributed by atoms with Gasteiger partial charge >= 0.3 is 12.1 Å². The van der Waals surface area contributed by atoms with Crippen LogP contribution < -0.4 is 4.90 Å². The zero-order valence-electron chi connectivity index (χ0n) is 20.1. The monoisotopic (exact) mass is 519 g/mol. The minimum atomic E-state index is -4.99. The molecule has 0 bridgehead atoms. The van der Waals surface area contributed by atoms with Crippen LogP contribution >= 0.6 is 11.3 Å². The molecule has 37 heavy (non-hydrogen) atoms. The highest BCUT2D eigenvalue weighted by atomic mass is 32.1. The van der Waals surface area contributed by atoms with Crippen molar-refractivity contribution in [1.82, 2.24) is 9.55 Å². The number of aryl methyl sites for hydroxylation is 1. The van der Waals surface area contributed by atoms with Crippen molar-refractivity contribution in [3.8, 4) is 11.4 Å². The molecule has 1 amide bonds. The number of carbonyl (C=O) groups is 1. The van der Waals surface area contributed by atoms with Crippen LogP contribution in [0.15, 0.2) is 90.3 Å². The van der Waals surface area contributed by atoms with Crippen molar-refractivity contribution in [2.45, 2.75) is 26.1 Å². The SMILES string of the molecule is Cc1ccsc1CCN(C(=O)C(F)(F)F)c1cccc(-c2nc3ccccc3n2Cc2ccccc2)c1. The fraction of sp³-hybridized carbons (Fsp3) is 0.172. The first kappa shape index (κ1) is 24.8. The minimum Gasteiger partial charge on any atom is -0.319 e. The number of benzene rings is 3. The summed E-state index contributed by atoms with van der Waals surface area (Å²) in [4.78, 5) is 19.1. The van der Waals surface area contributed by atoms with Crippen LogP contribution in [0.3, 0.4) is 0 Å². The predicted molar refractivity (Wildman–Crippen MR) is 142 cm³/mol. The van der Waals surface area contributed by atoms with E-state index >= 15 is 0 Å². The summed E-state index contributed by atoms with van der Waals surface area (Å²) < 4.78 is 42.8. The molecular weight excluding hydrogens is 495 g/mol. The normalized spacial score (nSPS) is 11.7. The van der Waals surface area contributed by atoms with Gasteiger partial charge in [-0.1, -0.05) is 54.6 Å². The summed E-state index contributed by atoms with van der Waals surface area (Å²) in [5, 5.41) is 1.90. The van der Waals surface area contributed by atoms with Gasteiger partial charge in [0.2, 0.25) is 0 Å². The third-order valence-corrected chi connectivity index (χ3v) is 7.36. The second kappa shape index (κ2) is 10.2. The number of nitrogens with zero attached hydrogens (tertiary/aromatic N) is 3. The Morgan fingerprint density at radius 1 is 0.973 bits per heavy atom. The molecule has 0 aliphatic rings. The predicted octanol–water partition coefficient (Wildman–Crippen LogP) is 7.26. The molecule has 0 saturated carbocycles. The molecule has 0 radical (unpaired) electrons. The van der Waals surface area contributed by atoms with Gasteiger partial charge in [0.05, 0.1) is 11.0 Å². The number of alkyl halides is 3. The van der Waals surface area contributed by atoms with Crippen molar-refractivity contribution in [2.75, 3.05) is 11.4 Å². The van der Waals surface area contributed by atoms with E-state index < -0.39 is 12.1 Å². The van der Waals surface area contributed by atoms with Gasteiger partial charge in [-0.25, -0.2) is 4.98 Å². The molecule has 0 N–H and O–H groups in total. The number of rotatable bonds is 7. The molecule has 2 heterocycles. The number of fused-ring (bicyclic) bond motifs is 1. The number of anilines is 1. The summed E-state index contributed by atoms with van der Waals surface area (Å²) in [7, 11) is 0. The molecule has 4 nitrogen and oxygen atoms in total. The highest BCUT2D eigenvalue weighted by Crippen LogP contribution is 2.31. The lowest BCUT2D eigenvalue weighted by Crippen LogP contribution is -2.42. The number of halogens is 3. The van der Waals surface area contributed by atoms with Crippen LogP contribution in [0.4, 0.5) is 18.9 Å². The Bertz CT molecular complexity index is 1540. The van der Waals surface area contributed by atoms with E-state index in [0.29, 0.717) is 24.4 Å². The Morgan fingerprint density at radius 3 is 2.46 bits per heavy atom. The van der Waals surface area contributed by atoms with Gasteiger partial charge in [0.15, 0.2) is 0 Å². The molecule has 5 rings (SSSR count). The van der Waals surface area contributed by atoms with Crippen LogP contribution in [-0.2, 0) is 17.8 Å². The van der Waals surface area contributed by atoms with Crippen LogP contribution in [0, 0.1) is 6.92 Å². The second-order valence-electron chi connectivity index (χ2n) is 8.78. The van der Waals surface area contributed by atoms with Crippen LogP contribution in [0.5, 0.6) is 0 Å². The van der Waals surface area contributed by atoms with Gasteiger partial charge in [0, 0.05) is 35.6 Å². The van der Waals surface area contributed by atoms with E-state index in [1.165, 1.54) is 11.3 Å². The zero-order chi connectivity index (χ0) is 26.0. The van der Waals surface area contributed by atoms with Gasteiger partial charge in [-0.3, -0.25) is 4.79 Å². The van der Waals surface area contributed by atoms with Crippen molar-refractivity contribution in [1.29, 1.82) is 0 Å². The first-order chi connectivity index (χ1) is 17.8. The highest BCUT2D eigenvalue weighted by molar-refractivity contribution is 7.10. The van der Waals surface area contributed by atoms with Crippen molar-refractivity contribution < 1.29 is 18.0 Å². The van der Waals surface area contributed by atoms with Gasteiger partial charge in [-0.2, -0.15) is 13.2 Å². The molecule has 0 atom stereocenters. The zero-order valence-corrected chi connectivity index (χ0v) is 20.9. The molecular formula is C29H24F3N3OS.